The number of benzene rings is 2. The van der Waals surface area contributed by atoms with E-state index in [1.54, 1.807) is 61.2 Å². The van der Waals surface area contributed by atoms with Gasteiger partial charge in [-0.1, -0.05) is 12.1 Å². The summed E-state index contributed by atoms with van der Waals surface area (Å²) in [5.74, 6) is -0.280. The van der Waals surface area contributed by atoms with Crippen molar-refractivity contribution in [1.82, 2.24) is 15.3 Å². The third-order valence-corrected chi connectivity index (χ3v) is 5.63. The molecular formula is C30H28N4O10. The Labute approximate surface area is 251 Å². The fraction of sp³-hybridized carbons (Fsp3) is 0.167. The maximum absolute atomic E-state index is 11.9. The summed E-state index contributed by atoms with van der Waals surface area (Å²) in [6.45, 7) is 0.135. The topological polar surface area (TPSA) is 189 Å². The number of nitro groups is 1. The lowest BCUT2D eigenvalue weighted by Gasteiger charge is -2.16. The number of nitro benzene ring substituents is 1. The molecule has 0 unspecified atom stereocenters. The predicted octanol–water partition coefficient (Wildman–Crippen LogP) is 4.50. The first-order valence-corrected chi connectivity index (χ1v) is 12.9. The Bertz CT molecular complexity index is 1500. The van der Waals surface area contributed by atoms with E-state index in [1.165, 1.54) is 43.5 Å². The van der Waals surface area contributed by atoms with Gasteiger partial charge in [0.2, 0.25) is 0 Å². The summed E-state index contributed by atoms with van der Waals surface area (Å²) in [6, 6.07) is 17.4. The van der Waals surface area contributed by atoms with Gasteiger partial charge < -0.3 is 29.4 Å². The quantitative estimate of drug-likeness (QED) is 0.0848. The molecule has 0 aliphatic heterocycles. The minimum absolute atomic E-state index is 0.0638. The van der Waals surface area contributed by atoms with E-state index in [4.69, 9.17) is 18.9 Å². The van der Waals surface area contributed by atoms with Gasteiger partial charge in [0, 0.05) is 43.3 Å². The van der Waals surface area contributed by atoms with Gasteiger partial charge in [0.05, 0.1) is 12.0 Å². The molecule has 0 spiro atoms. The van der Waals surface area contributed by atoms with Gasteiger partial charge in [0.25, 0.3) is 5.69 Å². The lowest BCUT2D eigenvalue weighted by Crippen LogP contribution is -2.43. The molecule has 14 nitrogen and oxygen atoms in total. The Morgan fingerprint density at radius 3 is 1.89 bits per heavy atom. The smallest absolute Gasteiger partial charge is 0.508 e. The number of rotatable bonds is 10. The lowest BCUT2D eigenvalue weighted by atomic mass is 10.1. The first kappa shape index (κ1) is 32.5. The average molecular weight is 605 g/mol. The molecule has 2 aromatic heterocycles. The molecule has 0 saturated carbocycles. The van der Waals surface area contributed by atoms with Gasteiger partial charge in [0.15, 0.2) is 0 Å². The van der Waals surface area contributed by atoms with Gasteiger partial charge in [-0.3, -0.25) is 20.1 Å². The van der Waals surface area contributed by atoms with Gasteiger partial charge >= 0.3 is 18.2 Å². The van der Waals surface area contributed by atoms with Crippen molar-refractivity contribution in [3.8, 4) is 11.5 Å². The monoisotopic (exact) mass is 604 g/mol. The molecule has 0 saturated heterocycles. The average Bonchev–Trinajstić information content (AvgIpc) is 3.04. The number of nitrogens with zero attached hydrogens (tertiary/aromatic N) is 3. The summed E-state index contributed by atoms with van der Waals surface area (Å²) >= 11 is 0. The van der Waals surface area contributed by atoms with E-state index in [0.29, 0.717) is 0 Å². The van der Waals surface area contributed by atoms with Crippen molar-refractivity contribution in [2.24, 2.45) is 0 Å². The molecule has 0 aliphatic rings. The molecule has 2 heterocycles. The summed E-state index contributed by atoms with van der Waals surface area (Å²) in [7, 11) is 1.25. The minimum Gasteiger partial charge on any atom is -0.508 e. The summed E-state index contributed by atoms with van der Waals surface area (Å²) in [5.41, 5.74) is 2.24. The number of non-ortho nitro benzene ring substituents is 1. The van der Waals surface area contributed by atoms with E-state index in [0.717, 1.165) is 16.7 Å². The van der Waals surface area contributed by atoms with Crippen molar-refractivity contribution >= 4 is 23.9 Å². The third-order valence-electron chi connectivity index (χ3n) is 5.63. The number of esters is 1. The highest BCUT2D eigenvalue weighted by Crippen LogP contribution is 2.18. The molecule has 44 heavy (non-hydrogen) atoms. The highest BCUT2D eigenvalue weighted by Gasteiger charge is 2.22. The number of aromatic hydroxyl groups is 1. The molecule has 1 atom stereocenters. The number of phenols is 1. The first-order valence-electron chi connectivity index (χ1n) is 12.9. The number of ether oxygens (including phenoxy) is 4. The van der Waals surface area contributed by atoms with E-state index in [2.05, 4.69) is 15.3 Å². The molecule has 0 fully saturated rings. The summed E-state index contributed by atoms with van der Waals surface area (Å²) in [6.07, 6.45) is 4.98. The van der Waals surface area contributed by atoms with Crippen LogP contribution in [0, 0.1) is 10.1 Å². The highest BCUT2D eigenvalue weighted by molar-refractivity contribution is 5.81. The van der Waals surface area contributed by atoms with E-state index in [-0.39, 0.29) is 36.8 Å². The molecule has 2 N–H and O–H groups in total. The number of aromatic nitrogens is 2. The first-order chi connectivity index (χ1) is 21.2. The van der Waals surface area contributed by atoms with Crippen LogP contribution in [0.15, 0.2) is 97.6 Å². The highest BCUT2D eigenvalue weighted by atomic mass is 16.7. The second-order valence-electron chi connectivity index (χ2n) is 8.77. The number of hydrogen-bond donors (Lipinski definition) is 2. The van der Waals surface area contributed by atoms with Crippen LogP contribution in [0.3, 0.4) is 0 Å². The van der Waals surface area contributed by atoms with Crippen LogP contribution in [0.1, 0.15) is 16.7 Å². The number of amides is 1. The Hall–Kier alpha value is -6.05. The second-order valence-corrected chi connectivity index (χ2v) is 8.77. The molecule has 4 rings (SSSR count). The summed E-state index contributed by atoms with van der Waals surface area (Å²) < 4.78 is 19.5. The zero-order valence-corrected chi connectivity index (χ0v) is 23.4. The molecule has 228 valence electrons. The van der Waals surface area contributed by atoms with Crippen molar-refractivity contribution < 1.29 is 43.4 Å². The number of phenolic OH excluding ortho intramolecular Hbond substituents is 1. The molecule has 0 radical (unpaired) electrons. The SMILES string of the molecule is COC(=O)[C@H](Cc1ccc(O)cc1)NC(=O)OCc1ccncc1.O=C(OCc1ccncc1)Oc1ccc([N+](=O)[O-])cc1. The van der Waals surface area contributed by atoms with Crippen LogP contribution in [-0.4, -0.2) is 51.4 Å². The zero-order chi connectivity index (χ0) is 31.7. The number of carbonyl (C=O) groups excluding carboxylic acids is 3. The van der Waals surface area contributed by atoms with Crippen molar-refractivity contribution in [3.05, 3.63) is 124 Å². The molecule has 2 aromatic carbocycles. The van der Waals surface area contributed by atoms with E-state index >= 15 is 0 Å². The van der Waals surface area contributed by atoms with Crippen molar-refractivity contribution in [1.29, 1.82) is 0 Å². The summed E-state index contributed by atoms with van der Waals surface area (Å²) in [4.78, 5) is 52.8. The van der Waals surface area contributed by atoms with Gasteiger partial charge in [-0.15, -0.1) is 0 Å². The fourth-order valence-electron chi connectivity index (χ4n) is 3.40. The number of carbonyl (C=O) groups is 3. The van der Waals surface area contributed by atoms with Gasteiger partial charge in [-0.2, -0.15) is 0 Å². The molecular weight excluding hydrogens is 576 g/mol. The van der Waals surface area contributed by atoms with Crippen molar-refractivity contribution in [2.75, 3.05) is 7.11 Å². The molecule has 0 bridgehead atoms. The minimum atomic E-state index is -0.885. The number of pyridine rings is 2. The van der Waals surface area contributed by atoms with Crippen LogP contribution in [0.25, 0.3) is 0 Å². The van der Waals surface area contributed by atoms with Crippen molar-refractivity contribution in [3.63, 3.8) is 0 Å². The zero-order valence-electron chi connectivity index (χ0n) is 23.4. The van der Waals surface area contributed by atoms with Gasteiger partial charge in [0.1, 0.15) is 30.8 Å². The number of methoxy groups -OCH3 is 1. The summed E-state index contributed by atoms with van der Waals surface area (Å²) in [5, 5.41) is 22.2. The molecule has 4 aromatic rings. The van der Waals surface area contributed by atoms with Gasteiger partial charge in [-0.25, -0.2) is 14.4 Å². The number of alkyl carbamates (subject to hydrolysis) is 1. The van der Waals surface area contributed by atoms with Crippen LogP contribution in [-0.2, 0) is 38.6 Å². The van der Waals surface area contributed by atoms with Crippen LogP contribution in [0.2, 0.25) is 0 Å². The predicted molar refractivity (Wildman–Crippen MR) is 153 cm³/mol. The fourth-order valence-corrected chi connectivity index (χ4v) is 3.40. The Kier molecular flexibility index (Phi) is 12.6. The van der Waals surface area contributed by atoms with Crippen LogP contribution in [0.4, 0.5) is 15.3 Å². The van der Waals surface area contributed by atoms with E-state index in [1.807, 2.05) is 0 Å². The largest absolute Gasteiger partial charge is 0.514 e. The Balaban J connectivity index is 0.000000244. The van der Waals surface area contributed by atoms with Crippen LogP contribution < -0.4 is 10.1 Å². The van der Waals surface area contributed by atoms with E-state index < -0.39 is 29.2 Å². The number of nitrogens with one attached hydrogen (secondary N) is 1. The van der Waals surface area contributed by atoms with Crippen LogP contribution >= 0.6 is 0 Å². The Morgan fingerprint density at radius 1 is 0.818 bits per heavy atom. The van der Waals surface area contributed by atoms with Gasteiger partial charge in [-0.05, 0) is 65.2 Å². The third kappa shape index (κ3) is 11.4. The Morgan fingerprint density at radius 2 is 1.36 bits per heavy atom. The maximum Gasteiger partial charge on any atom is 0.514 e. The maximum atomic E-state index is 11.9. The second kappa shape index (κ2) is 17.0. The molecule has 0 aliphatic carbocycles. The lowest BCUT2D eigenvalue weighted by molar-refractivity contribution is -0.384. The van der Waals surface area contributed by atoms with Crippen LogP contribution in [0.5, 0.6) is 11.5 Å². The molecule has 14 heteroatoms. The van der Waals surface area contributed by atoms with Crippen molar-refractivity contribution in [2.45, 2.75) is 25.7 Å². The van der Waals surface area contributed by atoms with E-state index in [9.17, 15) is 29.6 Å². The standard InChI is InChI=1S/C17H18N2O5.C13H10N2O5/c1-23-16(21)15(10-12-2-4-14(20)5-3-12)19-17(22)24-11-13-6-8-18-9-7-13;16-13(19-9-10-5-7-14-8-6-10)20-12-3-1-11(2-4-12)15(17)18/h2-9,15,20H,10-11H2,1H3,(H,19,22);1-8H,9H2/t15-;/m0./s1. The normalized spacial score (nSPS) is 10.7. The molecule has 1 amide bonds. The number of hydrogen-bond acceptors (Lipinski definition) is 12.